The van der Waals surface area contributed by atoms with E-state index in [-0.39, 0.29) is 16.9 Å². The highest BCUT2D eigenvalue weighted by Gasteiger charge is 2.24. The fraction of sp³-hybridized carbons (Fsp3) is 0.0526. The van der Waals surface area contributed by atoms with Gasteiger partial charge in [-0.25, -0.2) is 4.79 Å². The van der Waals surface area contributed by atoms with Gasteiger partial charge in [0.2, 0.25) is 5.91 Å². The summed E-state index contributed by atoms with van der Waals surface area (Å²) in [5.41, 5.74) is 3.18. The third kappa shape index (κ3) is 8.77. The molecule has 48 heavy (non-hydrogen) atoms. The molecule has 9 nitrogen and oxygen atoms in total. The maximum Gasteiger partial charge on any atom is 0.339 e. The number of carboxylic acid groups (broad SMARTS) is 1. The van der Waals surface area contributed by atoms with Crippen molar-refractivity contribution in [2.24, 2.45) is 0 Å². The molecule has 5 rings (SSSR count). The lowest BCUT2D eigenvalue weighted by atomic mass is 10.1. The first-order valence-electron chi connectivity index (χ1n) is 14.8. The molecule has 5 aromatic rings. The van der Waals surface area contributed by atoms with Crippen molar-refractivity contribution < 1.29 is 29.4 Å². The van der Waals surface area contributed by atoms with E-state index in [1.54, 1.807) is 72.8 Å². The van der Waals surface area contributed by atoms with Crippen molar-refractivity contribution in [1.82, 2.24) is 5.32 Å². The molecule has 3 amide bonds. The van der Waals surface area contributed by atoms with E-state index >= 15 is 0 Å². The minimum absolute atomic E-state index is 0.0451. The van der Waals surface area contributed by atoms with Crippen molar-refractivity contribution in [2.45, 2.75) is 17.1 Å². The molecule has 240 valence electrons. The first-order chi connectivity index (χ1) is 23.2. The molecule has 0 aliphatic carbocycles. The number of carbonyl (C=O) groups is 4. The van der Waals surface area contributed by atoms with Crippen molar-refractivity contribution in [3.8, 4) is 5.75 Å². The lowest BCUT2D eigenvalue weighted by molar-refractivity contribution is -0.116. The zero-order valence-electron chi connectivity index (χ0n) is 25.7. The van der Waals surface area contributed by atoms with Crippen LogP contribution >= 0.6 is 11.8 Å². The molecule has 10 heteroatoms. The van der Waals surface area contributed by atoms with Crippen LogP contribution in [0.1, 0.15) is 42.7 Å². The Morgan fingerprint density at radius 2 is 1.42 bits per heavy atom. The Labute approximate surface area is 281 Å². The number of thioether (sulfide) groups is 1. The van der Waals surface area contributed by atoms with Crippen LogP contribution in [0.15, 0.2) is 138 Å². The van der Waals surface area contributed by atoms with E-state index < -0.39 is 34.7 Å². The summed E-state index contributed by atoms with van der Waals surface area (Å²) in [6.07, 6.45) is 1.61. The van der Waals surface area contributed by atoms with Gasteiger partial charge in [-0.1, -0.05) is 84.4 Å². The largest absolute Gasteiger partial charge is 0.507 e. The van der Waals surface area contributed by atoms with Gasteiger partial charge in [-0.05, 0) is 72.7 Å². The average molecular weight is 658 g/mol. The molecule has 0 saturated carbocycles. The molecule has 0 heterocycles. The lowest BCUT2D eigenvalue weighted by Crippen LogP contribution is -2.30. The first-order valence-corrected chi connectivity index (χ1v) is 15.7. The molecular weight excluding hydrogens is 626 g/mol. The molecule has 1 unspecified atom stereocenters. The predicted octanol–water partition coefficient (Wildman–Crippen LogP) is 7.28. The fourth-order valence-corrected chi connectivity index (χ4v) is 5.83. The van der Waals surface area contributed by atoms with Crippen LogP contribution in [0.3, 0.4) is 0 Å². The number of anilines is 2. The highest BCUT2D eigenvalue weighted by atomic mass is 32.2. The molecular formula is C38H31N3O6S. The van der Waals surface area contributed by atoms with Gasteiger partial charge in [0.25, 0.3) is 11.8 Å². The Kier molecular flexibility index (Phi) is 10.7. The van der Waals surface area contributed by atoms with Crippen LogP contribution in [0, 0.1) is 6.92 Å². The van der Waals surface area contributed by atoms with Gasteiger partial charge in [-0.15, -0.1) is 11.8 Å². The quantitative estimate of drug-likeness (QED) is 0.0570. The highest BCUT2D eigenvalue weighted by Crippen LogP contribution is 2.37. The van der Waals surface area contributed by atoms with E-state index in [9.17, 15) is 29.4 Å². The van der Waals surface area contributed by atoms with Crippen molar-refractivity contribution in [1.29, 1.82) is 0 Å². The van der Waals surface area contributed by atoms with Gasteiger partial charge in [0.15, 0.2) is 0 Å². The molecule has 0 aliphatic rings. The van der Waals surface area contributed by atoms with Crippen LogP contribution in [-0.2, 0) is 9.59 Å². The number of amides is 3. The maximum absolute atomic E-state index is 13.6. The molecule has 0 aromatic heterocycles. The number of rotatable bonds is 11. The Morgan fingerprint density at radius 3 is 2.12 bits per heavy atom. The van der Waals surface area contributed by atoms with E-state index in [2.05, 4.69) is 16.0 Å². The molecule has 0 fully saturated rings. The summed E-state index contributed by atoms with van der Waals surface area (Å²) >= 11 is 1.23. The summed E-state index contributed by atoms with van der Waals surface area (Å²) in [7, 11) is 0. The summed E-state index contributed by atoms with van der Waals surface area (Å²) in [6, 6.07) is 36.0. The number of phenols is 1. The van der Waals surface area contributed by atoms with Crippen molar-refractivity contribution in [3.63, 3.8) is 0 Å². The van der Waals surface area contributed by atoms with Crippen LogP contribution in [0.4, 0.5) is 11.4 Å². The summed E-state index contributed by atoms with van der Waals surface area (Å²) in [6.45, 7) is 1.93. The number of hydrogen-bond donors (Lipinski definition) is 5. The summed E-state index contributed by atoms with van der Waals surface area (Å²) in [5.74, 6) is -3.14. The zero-order chi connectivity index (χ0) is 34.0. The smallest absolute Gasteiger partial charge is 0.339 e. The van der Waals surface area contributed by atoms with Gasteiger partial charge in [-0.3, -0.25) is 14.4 Å². The topological polar surface area (TPSA) is 145 Å². The van der Waals surface area contributed by atoms with Crippen LogP contribution < -0.4 is 16.0 Å². The average Bonchev–Trinajstić information content (AvgIpc) is 3.08. The normalized spacial score (nSPS) is 11.6. The molecule has 1 atom stereocenters. The molecule has 0 saturated heterocycles. The fourth-order valence-electron chi connectivity index (χ4n) is 4.74. The van der Waals surface area contributed by atoms with Crippen molar-refractivity contribution >= 4 is 52.9 Å². The minimum Gasteiger partial charge on any atom is -0.507 e. The van der Waals surface area contributed by atoms with Gasteiger partial charge >= 0.3 is 5.97 Å². The second-order valence-electron chi connectivity index (χ2n) is 10.7. The van der Waals surface area contributed by atoms with Crippen LogP contribution in [0.2, 0.25) is 0 Å². The van der Waals surface area contributed by atoms with E-state index in [0.29, 0.717) is 21.7 Å². The number of carbonyl (C=O) groups excluding carboxylic acids is 3. The van der Waals surface area contributed by atoms with Gasteiger partial charge in [0, 0.05) is 21.8 Å². The maximum atomic E-state index is 13.6. The Bertz CT molecular complexity index is 2000. The SMILES string of the molecule is Cc1cccc(/C=C(/NC(=O)c2ccccc2)C(=O)Nc2cccc(SC(C(=O)Nc3ccc(O)c(C(=O)O)c3)c3ccccc3)c2)c1. The number of hydrogen-bond acceptors (Lipinski definition) is 6. The highest BCUT2D eigenvalue weighted by molar-refractivity contribution is 8.00. The summed E-state index contributed by atoms with van der Waals surface area (Å²) < 4.78 is 0. The van der Waals surface area contributed by atoms with E-state index in [1.165, 1.54) is 30.0 Å². The number of aromatic hydroxyl groups is 1. The number of carboxylic acids is 1. The second kappa shape index (κ2) is 15.4. The van der Waals surface area contributed by atoms with Crippen LogP contribution in [-0.4, -0.2) is 33.9 Å². The monoisotopic (exact) mass is 657 g/mol. The zero-order valence-corrected chi connectivity index (χ0v) is 26.5. The number of aryl methyl sites for hydroxylation is 1. The predicted molar refractivity (Wildman–Crippen MR) is 187 cm³/mol. The standard InChI is InChI=1S/C38H31N3O6S/c1-24-10-8-11-25(20-24)21-32(41-35(43)27-14-6-3-7-15-27)36(44)39-28-16-9-17-30(22-28)48-34(26-12-4-2-5-13-26)37(45)40-29-18-19-33(42)31(23-29)38(46)47/h2-23,34,42H,1H3,(H,39,44)(H,40,45)(H,41,43)(H,46,47)/b32-21+. The third-order valence-corrected chi connectivity index (χ3v) is 8.31. The first kappa shape index (κ1) is 33.2. The number of aromatic carboxylic acids is 1. The summed E-state index contributed by atoms with van der Waals surface area (Å²) in [5, 5.41) is 26.8. The molecule has 0 bridgehead atoms. The molecule has 0 aliphatic heterocycles. The minimum atomic E-state index is -1.33. The van der Waals surface area contributed by atoms with Gasteiger partial charge < -0.3 is 26.2 Å². The van der Waals surface area contributed by atoms with E-state index in [4.69, 9.17) is 0 Å². The number of nitrogens with one attached hydrogen (secondary N) is 3. The number of benzene rings is 5. The van der Waals surface area contributed by atoms with E-state index in [0.717, 1.165) is 11.1 Å². The Balaban J connectivity index is 1.38. The Morgan fingerprint density at radius 1 is 0.729 bits per heavy atom. The van der Waals surface area contributed by atoms with Gasteiger partial charge in [-0.2, -0.15) is 0 Å². The Hall–Kier alpha value is -6.13. The third-order valence-electron chi connectivity index (χ3n) is 7.06. The van der Waals surface area contributed by atoms with Gasteiger partial charge in [0.1, 0.15) is 22.3 Å². The van der Waals surface area contributed by atoms with Crippen LogP contribution in [0.25, 0.3) is 6.08 Å². The summed E-state index contributed by atoms with van der Waals surface area (Å²) in [4.78, 5) is 52.4. The van der Waals surface area contributed by atoms with Crippen LogP contribution in [0.5, 0.6) is 5.75 Å². The molecule has 5 aromatic carbocycles. The molecule has 0 radical (unpaired) electrons. The lowest BCUT2D eigenvalue weighted by Gasteiger charge is -2.18. The van der Waals surface area contributed by atoms with Crippen molar-refractivity contribution in [3.05, 3.63) is 161 Å². The molecule has 5 N–H and O–H groups in total. The van der Waals surface area contributed by atoms with Crippen molar-refractivity contribution in [2.75, 3.05) is 10.6 Å². The second-order valence-corrected chi connectivity index (χ2v) is 11.9. The molecule has 0 spiro atoms. The van der Waals surface area contributed by atoms with E-state index in [1.807, 2.05) is 49.4 Å². The van der Waals surface area contributed by atoms with Gasteiger partial charge in [0.05, 0.1) is 0 Å².